The molecule has 14 heavy (non-hydrogen) atoms. The summed E-state index contributed by atoms with van der Waals surface area (Å²) in [5, 5.41) is 0.182. The van der Waals surface area contributed by atoms with Crippen LogP contribution in [0.2, 0.25) is 5.02 Å². The van der Waals surface area contributed by atoms with Gasteiger partial charge in [-0.2, -0.15) is 0 Å². The van der Waals surface area contributed by atoms with Gasteiger partial charge in [0, 0.05) is 6.04 Å². The van der Waals surface area contributed by atoms with Gasteiger partial charge in [0.25, 0.3) is 0 Å². The number of hydrogen-bond acceptors (Lipinski definition) is 1. The Labute approximate surface area is 93.8 Å². The van der Waals surface area contributed by atoms with Crippen molar-refractivity contribution in [3.8, 4) is 0 Å². The summed E-state index contributed by atoms with van der Waals surface area (Å²) >= 11 is 5.80. The fourth-order valence-electron chi connectivity index (χ4n) is 1.49. The standard InChI is InChI=1S/C10H11ClFN.ClH/c11-9-7(2-1-3-8(9)12)10(13)6-4-5-6;/h1-3,6,10H,4-5,13H2;1H/t10-;/m1./s1. The number of hydrogen-bond donors (Lipinski definition) is 1. The minimum Gasteiger partial charge on any atom is -0.324 e. The molecule has 2 rings (SSSR count). The minimum absolute atomic E-state index is 0. The van der Waals surface area contributed by atoms with Gasteiger partial charge in [-0.3, -0.25) is 0 Å². The predicted octanol–water partition coefficient (Wildman–Crippen LogP) is 3.31. The van der Waals surface area contributed by atoms with Crippen molar-refractivity contribution in [1.82, 2.24) is 0 Å². The number of rotatable bonds is 2. The Morgan fingerprint density at radius 3 is 2.64 bits per heavy atom. The monoisotopic (exact) mass is 235 g/mol. The maximum absolute atomic E-state index is 13.0. The lowest BCUT2D eigenvalue weighted by Crippen LogP contribution is -2.13. The van der Waals surface area contributed by atoms with E-state index in [1.165, 1.54) is 6.07 Å². The van der Waals surface area contributed by atoms with Crippen molar-refractivity contribution in [2.45, 2.75) is 18.9 Å². The molecular formula is C10H12Cl2FN. The molecule has 0 spiro atoms. The molecule has 1 nitrogen and oxygen atoms in total. The highest BCUT2D eigenvalue weighted by Crippen LogP contribution is 2.41. The second-order valence-corrected chi connectivity index (χ2v) is 3.88. The van der Waals surface area contributed by atoms with Gasteiger partial charge >= 0.3 is 0 Å². The Morgan fingerprint density at radius 1 is 1.43 bits per heavy atom. The van der Waals surface area contributed by atoms with Crippen LogP contribution in [0.4, 0.5) is 4.39 Å². The van der Waals surface area contributed by atoms with Crippen LogP contribution in [0.15, 0.2) is 18.2 Å². The highest BCUT2D eigenvalue weighted by atomic mass is 35.5. The van der Waals surface area contributed by atoms with Crippen molar-refractivity contribution in [2.75, 3.05) is 0 Å². The maximum atomic E-state index is 13.0. The van der Waals surface area contributed by atoms with E-state index in [0.717, 1.165) is 18.4 Å². The first-order valence-corrected chi connectivity index (χ1v) is 4.77. The number of nitrogens with two attached hydrogens (primary N) is 1. The molecule has 0 aromatic heterocycles. The second-order valence-electron chi connectivity index (χ2n) is 3.51. The van der Waals surface area contributed by atoms with Crippen molar-refractivity contribution in [2.24, 2.45) is 11.7 Å². The Bertz CT molecular complexity index is 326. The van der Waals surface area contributed by atoms with E-state index >= 15 is 0 Å². The zero-order valence-corrected chi connectivity index (χ0v) is 9.11. The van der Waals surface area contributed by atoms with Gasteiger partial charge in [-0.05, 0) is 30.4 Å². The summed E-state index contributed by atoms with van der Waals surface area (Å²) in [5.41, 5.74) is 6.66. The fourth-order valence-corrected chi connectivity index (χ4v) is 1.74. The van der Waals surface area contributed by atoms with Crippen molar-refractivity contribution < 1.29 is 4.39 Å². The highest BCUT2D eigenvalue weighted by Gasteiger charge is 2.31. The molecule has 1 aromatic carbocycles. The Morgan fingerprint density at radius 2 is 2.07 bits per heavy atom. The lowest BCUT2D eigenvalue weighted by molar-refractivity contribution is 0.602. The molecule has 1 aliphatic carbocycles. The summed E-state index contributed by atoms with van der Waals surface area (Å²) in [6, 6.07) is 4.71. The molecule has 1 aliphatic rings. The van der Waals surface area contributed by atoms with Crippen LogP contribution >= 0.6 is 24.0 Å². The summed E-state index contributed by atoms with van der Waals surface area (Å²) < 4.78 is 13.0. The summed E-state index contributed by atoms with van der Waals surface area (Å²) in [4.78, 5) is 0. The van der Waals surface area contributed by atoms with Gasteiger partial charge < -0.3 is 5.73 Å². The number of benzene rings is 1. The average molecular weight is 236 g/mol. The van der Waals surface area contributed by atoms with Crippen molar-refractivity contribution in [1.29, 1.82) is 0 Å². The van der Waals surface area contributed by atoms with E-state index in [9.17, 15) is 4.39 Å². The third-order valence-corrected chi connectivity index (χ3v) is 2.87. The van der Waals surface area contributed by atoms with Gasteiger partial charge in [-0.15, -0.1) is 12.4 Å². The van der Waals surface area contributed by atoms with Gasteiger partial charge in [-0.1, -0.05) is 23.7 Å². The first-order valence-electron chi connectivity index (χ1n) is 4.39. The van der Waals surface area contributed by atoms with Crippen LogP contribution in [0.5, 0.6) is 0 Å². The second kappa shape index (κ2) is 4.47. The molecule has 1 atom stereocenters. The Kier molecular flexibility index (Phi) is 3.76. The molecule has 0 saturated heterocycles. The molecule has 1 saturated carbocycles. The van der Waals surface area contributed by atoms with Crippen LogP contribution in [0.25, 0.3) is 0 Å². The smallest absolute Gasteiger partial charge is 0.142 e. The molecule has 78 valence electrons. The molecule has 0 aliphatic heterocycles. The van der Waals surface area contributed by atoms with E-state index in [1.807, 2.05) is 0 Å². The van der Waals surface area contributed by atoms with Crippen LogP contribution in [-0.4, -0.2) is 0 Å². The Hall–Kier alpha value is -0.310. The summed E-state index contributed by atoms with van der Waals surface area (Å²) in [6.45, 7) is 0. The van der Waals surface area contributed by atoms with E-state index in [2.05, 4.69) is 0 Å². The van der Waals surface area contributed by atoms with Crippen LogP contribution in [0, 0.1) is 11.7 Å². The summed E-state index contributed by atoms with van der Waals surface area (Å²) in [7, 11) is 0. The van der Waals surface area contributed by atoms with Crippen LogP contribution in [0.1, 0.15) is 24.4 Å². The third kappa shape index (κ3) is 2.19. The molecule has 4 heteroatoms. The molecule has 0 radical (unpaired) electrons. The van der Waals surface area contributed by atoms with Gasteiger partial charge in [0.15, 0.2) is 0 Å². The minimum atomic E-state index is -0.379. The van der Waals surface area contributed by atoms with Crippen LogP contribution in [-0.2, 0) is 0 Å². The van der Waals surface area contributed by atoms with Gasteiger partial charge in [0.05, 0.1) is 5.02 Å². The summed E-state index contributed by atoms with van der Waals surface area (Å²) in [5.74, 6) is 0.120. The first kappa shape index (κ1) is 11.8. The molecule has 0 bridgehead atoms. The van der Waals surface area contributed by atoms with Crippen molar-refractivity contribution in [3.05, 3.63) is 34.6 Å². The molecule has 1 fully saturated rings. The molecule has 2 N–H and O–H groups in total. The summed E-state index contributed by atoms with van der Waals surface area (Å²) in [6.07, 6.45) is 2.27. The van der Waals surface area contributed by atoms with Crippen molar-refractivity contribution in [3.63, 3.8) is 0 Å². The zero-order chi connectivity index (χ0) is 9.42. The molecular weight excluding hydrogens is 224 g/mol. The predicted molar refractivity (Wildman–Crippen MR) is 58.3 cm³/mol. The lowest BCUT2D eigenvalue weighted by Gasteiger charge is -2.12. The Balaban J connectivity index is 0.000000980. The van der Waals surface area contributed by atoms with Gasteiger partial charge in [0.1, 0.15) is 5.82 Å². The third-order valence-electron chi connectivity index (χ3n) is 2.47. The van der Waals surface area contributed by atoms with Gasteiger partial charge in [-0.25, -0.2) is 4.39 Å². The van der Waals surface area contributed by atoms with E-state index in [4.69, 9.17) is 17.3 Å². The number of halogens is 3. The fraction of sp³-hybridized carbons (Fsp3) is 0.400. The van der Waals surface area contributed by atoms with E-state index in [1.54, 1.807) is 12.1 Å². The normalized spacial score (nSPS) is 17.4. The van der Waals surface area contributed by atoms with E-state index in [-0.39, 0.29) is 29.3 Å². The SMILES string of the molecule is Cl.N[C@@H](c1cccc(F)c1Cl)C1CC1. The van der Waals surface area contributed by atoms with Crippen LogP contribution < -0.4 is 5.73 Å². The maximum Gasteiger partial charge on any atom is 0.142 e. The van der Waals surface area contributed by atoms with E-state index in [0.29, 0.717) is 5.92 Å². The highest BCUT2D eigenvalue weighted by molar-refractivity contribution is 6.31. The molecule has 0 heterocycles. The van der Waals surface area contributed by atoms with E-state index < -0.39 is 0 Å². The largest absolute Gasteiger partial charge is 0.324 e. The topological polar surface area (TPSA) is 26.0 Å². The quantitative estimate of drug-likeness (QED) is 0.837. The zero-order valence-electron chi connectivity index (χ0n) is 7.54. The first-order chi connectivity index (χ1) is 6.20. The molecule has 0 amide bonds. The average Bonchev–Trinajstić information content (AvgIpc) is 2.91. The van der Waals surface area contributed by atoms with Gasteiger partial charge in [0.2, 0.25) is 0 Å². The molecule has 0 unspecified atom stereocenters. The lowest BCUT2D eigenvalue weighted by atomic mass is 10.0. The van der Waals surface area contributed by atoms with Crippen LogP contribution in [0.3, 0.4) is 0 Å². The van der Waals surface area contributed by atoms with Crippen molar-refractivity contribution >= 4 is 24.0 Å². The molecule has 1 aromatic rings.